The van der Waals surface area contributed by atoms with Gasteiger partial charge >= 0.3 is 23.1 Å². The molecule has 12 heavy (non-hydrogen) atoms. The molecule has 1 aliphatic rings. The largest absolute Gasteiger partial charge is 2.00 e. The molecule has 1 aliphatic carbocycles. The van der Waals surface area contributed by atoms with Crippen molar-refractivity contribution in [2.45, 2.75) is 31.8 Å². The van der Waals surface area contributed by atoms with E-state index < -0.39 is 6.10 Å². The van der Waals surface area contributed by atoms with Crippen LogP contribution in [0.3, 0.4) is 0 Å². The van der Waals surface area contributed by atoms with Gasteiger partial charge in [-0.15, -0.1) is 0 Å². The molecule has 0 saturated carbocycles. The summed E-state index contributed by atoms with van der Waals surface area (Å²) in [5.74, 6) is 2.20. The predicted molar refractivity (Wildman–Crippen MR) is 45.4 cm³/mol. The number of rotatable bonds is 2. The van der Waals surface area contributed by atoms with Gasteiger partial charge in [-0.05, 0) is 31.3 Å². The van der Waals surface area contributed by atoms with Crippen molar-refractivity contribution in [1.29, 1.82) is 0 Å². The zero-order chi connectivity index (χ0) is 7.40. The Balaban J connectivity index is 0. The maximum Gasteiger partial charge on any atom is 2.00 e. The van der Waals surface area contributed by atoms with E-state index in [1.54, 1.807) is 0 Å². The molecule has 1 unspecified atom stereocenters. The van der Waals surface area contributed by atoms with E-state index >= 15 is 0 Å². The zero-order valence-corrected chi connectivity index (χ0v) is 10.0. The van der Waals surface area contributed by atoms with Crippen LogP contribution in [0.2, 0.25) is 0 Å². The molecular weight excluding hydrogens is 228 g/mol. The molecule has 0 radical (unpaired) electrons. The molecule has 0 amide bonds. The Bertz CT molecular complexity index is 183. The molecule has 1 rings (SSSR count). The molecule has 3 heteroatoms. The van der Waals surface area contributed by atoms with Crippen molar-refractivity contribution >= 4 is 23.1 Å². The Hall–Kier alpha value is 0.506. The van der Waals surface area contributed by atoms with E-state index in [2.05, 4.69) is 12.0 Å². The molecule has 0 aliphatic heterocycles. The SMILES string of the molecule is [Br-].[C-]#CCC(O)C1=CCCC1.[Mg+2]. The van der Waals surface area contributed by atoms with E-state index in [9.17, 15) is 5.11 Å². The molecule has 1 atom stereocenters. The fourth-order valence-corrected chi connectivity index (χ4v) is 1.23. The Labute approximate surface area is 101 Å². The van der Waals surface area contributed by atoms with Crippen molar-refractivity contribution in [2.24, 2.45) is 0 Å². The summed E-state index contributed by atoms with van der Waals surface area (Å²) in [5.41, 5.74) is 1.10. The van der Waals surface area contributed by atoms with Crippen molar-refractivity contribution in [3.8, 4) is 5.92 Å². The van der Waals surface area contributed by atoms with Crippen LogP contribution in [-0.2, 0) is 0 Å². The van der Waals surface area contributed by atoms with Gasteiger partial charge in [0.2, 0.25) is 0 Å². The maximum absolute atomic E-state index is 9.30. The zero-order valence-electron chi connectivity index (χ0n) is 7.02. The van der Waals surface area contributed by atoms with Gasteiger partial charge in [-0.25, -0.2) is 0 Å². The van der Waals surface area contributed by atoms with Gasteiger partial charge in [-0.1, -0.05) is 6.08 Å². The van der Waals surface area contributed by atoms with Crippen LogP contribution in [0.4, 0.5) is 0 Å². The average Bonchev–Trinajstić information content (AvgIpc) is 2.38. The minimum Gasteiger partial charge on any atom is -1.00 e. The monoisotopic (exact) mass is 238 g/mol. The van der Waals surface area contributed by atoms with Crippen LogP contribution in [0.25, 0.3) is 0 Å². The summed E-state index contributed by atoms with van der Waals surface area (Å²) in [7, 11) is 0. The van der Waals surface area contributed by atoms with Crippen LogP contribution in [0.1, 0.15) is 25.7 Å². The van der Waals surface area contributed by atoms with Gasteiger partial charge in [-0.3, -0.25) is 0 Å². The number of hydrogen-bond acceptors (Lipinski definition) is 1. The Kier molecular flexibility index (Phi) is 10.2. The first-order valence-corrected chi connectivity index (χ1v) is 3.61. The smallest absolute Gasteiger partial charge is 1.00 e. The molecule has 0 saturated heterocycles. The van der Waals surface area contributed by atoms with E-state index in [-0.39, 0.29) is 40.0 Å². The van der Waals surface area contributed by atoms with Gasteiger partial charge in [0.15, 0.2) is 0 Å². The minimum absolute atomic E-state index is 0. The molecule has 0 aromatic heterocycles. The van der Waals surface area contributed by atoms with Crippen molar-refractivity contribution in [2.75, 3.05) is 0 Å². The third kappa shape index (κ3) is 4.51. The van der Waals surface area contributed by atoms with Gasteiger partial charge in [0.05, 0.1) is 6.10 Å². The number of aliphatic hydroxyl groups is 1. The number of aliphatic hydroxyl groups excluding tert-OH is 1. The Morgan fingerprint density at radius 1 is 1.67 bits per heavy atom. The van der Waals surface area contributed by atoms with Crippen molar-refractivity contribution in [3.63, 3.8) is 0 Å². The molecule has 0 fully saturated rings. The second-order valence-electron chi connectivity index (χ2n) is 2.57. The molecule has 0 spiro atoms. The summed E-state index contributed by atoms with van der Waals surface area (Å²) >= 11 is 0. The van der Waals surface area contributed by atoms with E-state index in [0.29, 0.717) is 6.42 Å². The van der Waals surface area contributed by atoms with Crippen LogP contribution in [-0.4, -0.2) is 34.3 Å². The summed E-state index contributed by atoms with van der Waals surface area (Å²) in [5, 5.41) is 9.30. The van der Waals surface area contributed by atoms with Gasteiger partial charge in [-0.2, -0.15) is 0 Å². The first kappa shape index (κ1) is 15.0. The topological polar surface area (TPSA) is 20.2 Å². The third-order valence-electron chi connectivity index (χ3n) is 1.80. The Morgan fingerprint density at radius 3 is 2.75 bits per heavy atom. The van der Waals surface area contributed by atoms with Gasteiger partial charge in [0.25, 0.3) is 0 Å². The average molecular weight is 239 g/mol. The standard InChI is InChI=1S/C9H11O.BrH.Mg/c1-2-5-9(10)8-6-3-4-7-8;;/h6,9-10H,3-5,7H2;1H;/q-1;;+2/p-1. The molecule has 0 bridgehead atoms. The summed E-state index contributed by atoms with van der Waals surface area (Å²) in [6.07, 6.45) is 11.9. The molecule has 0 aromatic rings. The fourth-order valence-electron chi connectivity index (χ4n) is 1.23. The van der Waals surface area contributed by atoms with Gasteiger partial charge in [0.1, 0.15) is 0 Å². The van der Waals surface area contributed by atoms with Crippen LogP contribution in [0, 0.1) is 12.3 Å². The quantitative estimate of drug-likeness (QED) is 0.257. The van der Waals surface area contributed by atoms with Crippen LogP contribution in [0.5, 0.6) is 0 Å². The van der Waals surface area contributed by atoms with Crippen molar-refractivity contribution in [1.82, 2.24) is 0 Å². The summed E-state index contributed by atoms with van der Waals surface area (Å²) in [6.45, 7) is 0. The second-order valence-corrected chi connectivity index (χ2v) is 2.57. The first-order chi connectivity index (χ1) is 4.84. The fraction of sp³-hybridized carbons (Fsp3) is 0.556. The van der Waals surface area contributed by atoms with Crippen molar-refractivity contribution in [3.05, 3.63) is 18.1 Å². The predicted octanol–water partition coefficient (Wildman–Crippen LogP) is -1.94. The van der Waals surface area contributed by atoms with Crippen molar-refractivity contribution < 1.29 is 22.1 Å². The minimum atomic E-state index is -0.431. The molecule has 1 N–H and O–H groups in total. The van der Waals surface area contributed by atoms with E-state index in [1.807, 2.05) is 0 Å². The van der Waals surface area contributed by atoms with Gasteiger partial charge in [0, 0.05) is 0 Å². The maximum atomic E-state index is 9.30. The second kappa shape index (κ2) is 8.12. The van der Waals surface area contributed by atoms with Crippen LogP contribution in [0.15, 0.2) is 11.6 Å². The molecule has 1 nitrogen and oxygen atoms in total. The Morgan fingerprint density at radius 2 is 2.33 bits per heavy atom. The normalized spacial score (nSPS) is 16.5. The number of hydrogen-bond donors (Lipinski definition) is 1. The van der Waals surface area contributed by atoms with Gasteiger partial charge < -0.3 is 34.4 Å². The van der Waals surface area contributed by atoms with Crippen LogP contribution < -0.4 is 17.0 Å². The summed E-state index contributed by atoms with van der Waals surface area (Å²) < 4.78 is 0. The van der Waals surface area contributed by atoms with E-state index in [1.165, 1.54) is 0 Å². The summed E-state index contributed by atoms with van der Waals surface area (Å²) in [4.78, 5) is 0. The molecular formula is C9H11BrMgO. The van der Waals surface area contributed by atoms with E-state index in [0.717, 1.165) is 24.8 Å². The van der Waals surface area contributed by atoms with Crippen LogP contribution >= 0.6 is 0 Å². The van der Waals surface area contributed by atoms with E-state index in [4.69, 9.17) is 6.42 Å². The molecule has 62 valence electrons. The molecule has 0 heterocycles. The third-order valence-corrected chi connectivity index (χ3v) is 1.80. The summed E-state index contributed by atoms with van der Waals surface area (Å²) in [6, 6.07) is 0. The molecule has 0 aromatic carbocycles. The number of halogens is 1. The number of allylic oxidation sites excluding steroid dienone is 1. The first-order valence-electron chi connectivity index (χ1n) is 3.61.